The molecule has 0 aliphatic heterocycles. The Morgan fingerprint density at radius 3 is 0.986 bits per heavy atom. The number of fused-ring (bicyclic) bond motifs is 3. The lowest BCUT2D eigenvalue weighted by atomic mass is 10.1. The number of anilines is 6. The molecule has 41 nitrogen and oxygen atoms in total. The largest absolute Gasteiger partial charge is 0.480 e. The summed E-state index contributed by atoms with van der Waals surface area (Å²) in [6.07, 6.45) is 21.9. The van der Waals surface area contributed by atoms with Gasteiger partial charge in [-0.15, -0.1) is 0 Å². The molecule has 0 radical (unpaired) electrons. The van der Waals surface area contributed by atoms with Gasteiger partial charge in [0, 0.05) is 117 Å². The highest BCUT2D eigenvalue weighted by Crippen LogP contribution is 2.33. The highest BCUT2D eigenvalue weighted by Gasteiger charge is 2.31. The number of amides is 2. The van der Waals surface area contributed by atoms with Gasteiger partial charge in [-0.25, -0.2) is 87.3 Å². The Bertz CT molecular complexity index is 6640. The lowest BCUT2D eigenvalue weighted by Crippen LogP contribution is -2.35. The fourth-order valence-electron chi connectivity index (χ4n) is 15.9. The average molecular weight is 1870 g/mol. The fourth-order valence-corrected chi connectivity index (χ4v) is 15.9. The minimum absolute atomic E-state index is 0.0000834. The molecule has 15 aromatic rings. The third-order valence-electron chi connectivity index (χ3n) is 22.7. The first-order valence-electron chi connectivity index (χ1n) is 44.5. The molecule has 710 valence electrons. The molecule has 15 rings (SSSR count). The summed E-state index contributed by atoms with van der Waals surface area (Å²) in [5.41, 5.74) is 8.41. The summed E-state index contributed by atoms with van der Waals surface area (Å²) >= 11 is 0. The van der Waals surface area contributed by atoms with E-state index in [4.69, 9.17) is 28.4 Å². The predicted octanol–water partition coefficient (Wildman–Crippen LogP) is 8.77. The van der Waals surface area contributed by atoms with E-state index in [2.05, 4.69) is 82.3 Å². The van der Waals surface area contributed by atoms with Crippen LogP contribution in [0.4, 0.5) is 34.5 Å². The summed E-state index contributed by atoms with van der Waals surface area (Å²) in [7, 11) is 0. The molecule has 2 amide bonds. The van der Waals surface area contributed by atoms with Crippen molar-refractivity contribution >= 4 is 103 Å². The molecule has 41 heteroatoms. The van der Waals surface area contributed by atoms with Crippen LogP contribution in [0.3, 0.4) is 0 Å². The molecular weight excluding hydrogens is 1770 g/mol. The van der Waals surface area contributed by atoms with E-state index in [1.54, 1.807) is 198 Å². The van der Waals surface area contributed by atoms with Crippen molar-refractivity contribution in [2.24, 2.45) is 0 Å². The van der Waals surface area contributed by atoms with Gasteiger partial charge in [-0.2, -0.15) is 0 Å². The number of imidazole rings is 3. The van der Waals surface area contributed by atoms with Crippen molar-refractivity contribution < 1.29 is 67.7 Å². The zero-order valence-electron chi connectivity index (χ0n) is 75.6. The van der Waals surface area contributed by atoms with Crippen LogP contribution in [0.15, 0.2) is 260 Å². The molecule has 12 heterocycles. The molecule has 0 aliphatic carbocycles. The number of pyridine rings is 6. The van der Waals surface area contributed by atoms with Crippen LogP contribution in [-0.4, -0.2) is 249 Å². The Morgan fingerprint density at radius 1 is 0.362 bits per heavy atom. The number of carboxylic acid groups (broad SMARTS) is 3. The fraction of sp³-hybridized carbons (Fsp3) is 0.278. The Morgan fingerprint density at radius 2 is 0.667 bits per heavy atom. The Labute approximate surface area is 788 Å². The molecule has 0 bridgehead atoms. The minimum atomic E-state index is -1.19. The van der Waals surface area contributed by atoms with Gasteiger partial charge in [-0.1, -0.05) is 43.0 Å². The van der Waals surface area contributed by atoms with Crippen LogP contribution in [0.2, 0.25) is 0 Å². The molecule has 3 aromatic carbocycles. The van der Waals surface area contributed by atoms with E-state index < -0.39 is 47.8 Å². The topological polar surface area (TPSA) is 483 Å². The van der Waals surface area contributed by atoms with Crippen LogP contribution in [0, 0.1) is 0 Å². The first kappa shape index (κ1) is 96.2. The third-order valence-corrected chi connectivity index (χ3v) is 22.7. The standard InChI is InChI=1S/C97H100N24O17/c1-5-113(64(4)68-26-35-98-36-27-68)81-56-101-61-107-84(81)110-75(92(124)125)53-65-14-20-71(21-15-65)119-87-78(11-8-32-104-87)116(95(119)130)41-44-133-47-49-136-59-74(138-52-51-135-46-43-118-80-13-10-34-106-89(80)121(97(118)132)73-24-18-67(19-25-73)55-77(94(128)129)112-86-83(58-103-63-109-86)115(7-3)91(123)70-30-39-100-40-31-70)60-137-50-48-134-45-42-117-79-12-9-33-105-88(79)120(96(117)131)72-22-16-66(17-23-72)54-76(93(126)127)111-85-82(57-102-62-108-85)114(6-2)90(122)69-28-37-99-38-29-69/h8-40,56-58,61-63,74-77H,4-7,41-55,59-60H2,1-3H3,(H,124,125)(H,126,127)(H,128,129)(H,101,107,110)(H,102,108,111)(H,103,109,112)/t74?,75-,76-,77-/m0/s1. The lowest BCUT2D eigenvalue weighted by molar-refractivity contribution is -0.138. The van der Waals surface area contributed by atoms with Gasteiger partial charge in [-0.3, -0.25) is 38.2 Å². The number of rotatable bonds is 51. The second-order valence-electron chi connectivity index (χ2n) is 31.3. The van der Waals surface area contributed by atoms with E-state index in [1.807, 2.05) is 24.0 Å². The van der Waals surface area contributed by atoms with Crippen molar-refractivity contribution in [1.82, 2.24) is 87.2 Å². The maximum absolute atomic E-state index is 14.4. The minimum Gasteiger partial charge on any atom is -0.480 e. The monoisotopic (exact) mass is 1870 g/mol. The van der Waals surface area contributed by atoms with Crippen LogP contribution in [0.1, 0.15) is 63.7 Å². The van der Waals surface area contributed by atoms with Crippen LogP contribution in [0.25, 0.3) is 56.3 Å². The Hall–Kier alpha value is -16.3. The number of aromatic nitrogens is 18. The maximum atomic E-state index is 14.4. The molecule has 0 fully saturated rings. The summed E-state index contributed by atoms with van der Waals surface area (Å²) < 4.78 is 46.0. The molecule has 6 N–H and O–H groups in total. The number of aliphatic carboxylic acids is 3. The van der Waals surface area contributed by atoms with Gasteiger partial charge < -0.3 is 74.4 Å². The van der Waals surface area contributed by atoms with Crippen LogP contribution in [0.5, 0.6) is 0 Å². The summed E-state index contributed by atoms with van der Waals surface area (Å²) in [5, 5.41) is 40.6. The molecule has 0 saturated carbocycles. The number of hydrogen-bond donors (Lipinski definition) is 6. The number of ether oxygens (including phenoxy) is 6. The van der Waals surface area contributed by atoms with E-state index in [-0.39, 0.29) is 165 Å². The van der Waals surface area contributed by atoms with E-state index >= 15 is 0 Å². The first-order valence-corrected chi connectivity index (χ1v) is 44.5. The van der Waals surface area contributed by atoms with Crippen molar-refractivity contribution in [1.29, 1.82) is 0 Å². The van der Waals surface area contributed by atoms with Gasteiger partial charge in [0.1, 0.15) is 60.3 Å². The second kappa shape index (κ2) is 46.5. The lowest BCUT2D eigenvalue weighted by Gasteiger charge is -2.28. The molecule has 4 atom stereocenters. The number of benzene rings is 3. The molecule has 1 unspecified atom stereocenters. The maximum Gasteiger partial charge on any atom is 0.335 e. The van der Waals surface area contributed by atoms with Crippen LogP contribution in [-0.2, 0) is 81.7 Å². The number of carbonyl (C=O) groups excluding carboxylic acids is 2. The molecule has 0 spiro atoms. The Kier molecular flexibility index (Phi) is 32.5. The SMILES string of the molecule is C=C(c1ccncc1)N(CC)c1cncnc1N[C@@H](Cc1ccc(-n2c(=O)n(CCOCCOCC(COCCOCCn3c(=O)n(-c4ccc(C[C@H](Nc5ncncc5N(CC)C(=O)c5ccncc5)C(=O)O)cc4)c4ncccc43)OCCOCCn3c(=O)n(-c4ccc(C[C@H](Nc5ncncc5N(CC)C(=O)c5ccncc5)C(=O)O)cc4)c4ncccc43)c3cccnc32)cc1)C(=O)O. The van der Waals surface area contributed by atoms with Crippen molar-refractivity contribution in [3.8, 4) is 17.1 Å². The van der Waals surface area contributed by atoms with Crippen molar-refractivity contribution in [2.75, 3.05) is 123 Å². The number of hydrogen-bond acceptors (Lipinski definition) is 30. The van der Waals surface area contributed by atoms with E-state index in [9.17, 15) is 53.7 Å². The zero-order valence-corrected chi connectivity index (χ0v) is 75.6. The van der Waals surface area contributed by atoms with E-state index in [0.29, 0.717) is 108 Å². The quantitative estimate of drug-likeness (QED) is 0.0194. The van der Waals surface area contributed by atoms with Gasteiger partial charge >= 0.3 is 35.0 Å². The zero-order chi connectivity index (χ0) is 96.4. The van der Waals surface area contributed by atoms with Gasteiger partial charge in [0.15, 0.2) is 34.4 Å². The number of nitrogens with one attached hydrogen (secondary N) is 3. The van der Waals surface area contributed by atoms with Crippen molar-refractivity contribution in [2.45, 2.75) is 83.9 Å². The number of nitrogens with zero attached hydrogens (tertiary/aromatic N) is 21. The van der Waals surface area contributed by atoms with Crippen molar-refractivity contribution in [3.05, 3.63) is 310 Å². The first-order chi connectivity index (χ1) is 67.4. The molecule has 138 heavy (non-hydrogen) atoms. The molecular formula is C97H100N24O17. The van der Waals surface area contributed by atoms with Gasteiger partial charge in [0.25, 0.3) is 11.8 Å². The van der Waals surface area contributed by atoms with E-state index in [1.165, 1.54) is 79.7 Å². The number of carboxylic acids is 3. The summed E-state index contributed by atoms with van der Waals surface area (Å²) in [4.78, 5) is 165. The summed E-state index contributed by atoms with van der Waals surface area (Å²) in [6, 6.07) is 37.8. The molecule has 0 saturated heterocycles. The van der Waals surface area contributed by atoms with E-state index in [0.717, 1.165) is 5.56 Å². The summed E-state index contributed by atoms with van der Waals surface area (Å²) in [6.45, 7) is 12.3. The van der Waals surface area contributed by atoms with Crippen LogP contribution < -0.4 is 47.7 Å². The third kappa shape index (κ3) is 23.0. The highest BCUT2D eigenvalue weighted by atomic mass is 16.6. The summed E-state index contributed by atoms with van der Waals surface area (Å²) in [5.74, 6) is -3.54. The van der Waals surface area contributed by atoms with Gasteiger partial charge in [-0.05, 0) is 147 Å². The average Bonchev–Trinajstić information content (AvgIpc) is 1.62. The Balaban J connectivity index is 0.561. The smallest absolute Gasteiger partial charge is 0.335 e. The highest BCUT2D eigenvalue weighted by molar-refractivity contribution is 6.08. The number of carbonyl (C=O) groups is 5. The second-order valence-corrected chi connectivity index (χ2v) is 31.3. The van der Waals surface area contributed by atoms with Gasteiger partial charge in [0.05, 0.1) is 145 Å². The molecule has 12 aromatic heterocycles. The van der Waals surface area contributed by atoms with Gasteiger partial charge in [0.2, 0.25) is 0 Å². The van der Waals surface area contributed by atoms with Crippen LogP contribution >= 0.6 is 0 Å². The predicted molar refractivity (Wildman–Crippen MR) is 512 cm³/mol. The van der Waals surface area contributed by atoms with Crippen molar-refractivity contribution in [3.63, 3.8) is 0 Å². The normalized spacial score (nSPS) is 12.3. The molecule has 0 aliphatic rings.